The van der Waals surface area contributed by atoms with Gasteiger partial charge in [-0.15, -0.1) is 0 Å². The minimum atomic E-state index is 0.313. The first kappa shape index (κ1) is 20.0. The summed E-state index contributed by atoms with van der Waals surface area (Å²) in [6.07, 6.45) is 5.09. The molecule has 0 aliphatic carbocycles. The maximum absolute atomic E-state index is 8.95. The van der Waals surface area contributed by atoms with Crippen molar-refractivity contribution in [2.45, 2.75) is 57.2 Å². The standard InChI is InChI=1S/C22H25ClN8/c1-13-10-19(30-29-13)27-21-20-17(23)4-2-5-18(20)26-22(28-21)25-14-11-15-6-7-16(12-14)31(15)9-3-8-24/h2,4-5,10,14-16H,3,6-7,9,11-12H2,1H3,(H3,25,26,27,28,29,30)/t14-,15-,16+. The molecule has 0 amide bonds. The predicted octanol–water partition coefficient (Wildman–Crippen LogP) is 4.38. The molecule has 3 N–H and O–H groups in total. The number of anilines is 3. The van der Waals surface area contributed by atoms with Crippen LogP contribution >= 0.6 is 11.6 Å². The van der Waals surface area contributed by atoms with Gasteiger partial charge in [-0.2, -0.15) is 15.3 Å². The van der Waals surface area contributed by atoms with Crippen molar-refractivity contribution in [2.75, 3.05) is 17.2 Å². The van der Waals surface area contributed by atoms with Crippen molar-refractivity contribution in [1.82, 2.24) is 25.1 Å². The molecule has 2 aromatic heterocycles. The number of piperidine rings is 1. The average Bonchev–Trinajstić information content (AvgIpc) is 3.25. The number of fused-ring (bicyclic) bond motifs is 3. The largest absolute Gasteiger partial charge is 0.351 e. The van der Waals surface area contributed by atoms with Crippen LogP contribution < -0.4 is 10.6 Å². The van der Waals surface area contributed by atoms with Crippen LogP contribution in [0.25, 0.3) is 10.9 Å². The Morgan fingerprint density at radius 2 is 2.06 bits per heavy atom. The zero-order chi connectivity index (χ0) is 21.4. The number of rotatable bonds is 6. The van der Waals surface area contributed by atoms with E-state index in [4.69, 9.17) is 26.8 Å². The minimum Gasteiger partial charge on any atom is -0.351 e. The first-order valence-electron chi connectivity index (χ1n) is 10.7. The lowest BCUT2D eigenvalue weighted by Crippen LogP contribution is -2.47. The third kappa shape index (κ3) is 4.03. The lowest BCUT2D eigenvalue weighted by atomic mass is 9.97. The second-order valence-corrected chi connectivity index (χ2v) is 8.84. The van der Waals surface area contributed by atoms with E-state index in [9.17, 15) is 0 Å². The summed E-state index contributed by atoms with van der Waals surface area (Å²) in [7, 11) is 0. The van der Waals surface area contributed by atoms with E-state index in [1.54, 1.807) is 0 Å². The summed E-state index contributed by atoms with van der Waals surface area (Å²) >= 11 is 6.48. The fraction of sp³-hybridized carbons (Fsp3) is 0.455. The zero-order valence-electron chi connectivity index (χ0n) is 17.4. The van der Waals surface area contributed by atoms with Gasteiger partial charge in [-0.1, -0.05) is 17.7 Å². The third-order valence-electron chi connectivity index (χ3n) is 6.32. The van der Waals surface area contributed by atoms with Gasteiger partial charge in [0.1, 0.15) is 5.82 Å². The van der Waals surface area contributed by atoms with E-state index in [-0.39, 0.29) is 0 Å². The highest BCUT2D eigenvalue weighted by Crippen LogP contribution is 2.37. The van der Waals surface area contributed by atoms with Gasteiger partial charge >= 0.3 is 0 Å². The number of hydrogen-bond acceptors (Lipinski definition) is 7. The number of aromatic nitrogens is 4. The van der Waals surface area contributed by atoms with E-state index in [0.29, 0.717) is 47.2 Å². The second kappa shape index (κ2) is 8.33. The average molecular weight is 437 g/mol. The summed E-state index contributed by atoms with van der Waals surface area (Å²) in [5.74, 6) is 1.92. The molecule has 1 aromatic carbocycles. The smallest absolute Gasteiger partial charge is 0.225 e. The lowest BCUT2D eigenvalue weighted by Gasteiger charge is -2.38. The van der Waals surface area contributed by atoms with Crippen LogP contribution in [-0.2, 0) is 0 Å². The fourth-order valence-electron chi connectivity index (χ4n) is 5.02. The summed E-state index contributed by atoms with van der Waals surface area (Å²) in [5.41, 5.74) is 1.75. The fourth-order valence-corrected chi connectivity index (χ4v) is 5.28. The molecule has 2 bridgehead atoms. The molecule has 0 saturated carbocycles. The van der Waals surface area contributed by atoms with Crippen molar-refractivity contribution in [3.05, 3.63) is 35.0 Å². The van der Waals surface area contributed by atoms with Crippen LogP contribution in [0.3, 0.4) is 0 Å². The van der Waals surface area contributed by atoms with Crippen molar-refractivity contribution in [1.29, 1.82) is 5.26 Å². The first-order chi connectivity index (χ1) is 15.1. The highest BCUT2D eigenvalue weighted by Gasteiger charge is 2.40. The molecular weight excluding hydrogens is 412 g/mol. The van der Waals surface area contributed by atoms with Gasteiger partial charge in [-0.3, -0.25) is 10.00 Å². The van der Waals surface area contributed by atoms with Crippen LogP contribution in [0.15, 0.2) is 24.3 Å². The maximum Gasteiger partial charge on any atom is 0.225 e. The third-order valence-corrected chi connectivity index (χ3v) is 6.64. The normalized spacial score (nSPS) is 23.1. The molecule has 5 rings (SSSR count). The number of aromatic amines is 1. The molecule has 2 aliphatic heterocycles. The van der Waals surface area contributed by atoms with Crippen molar-refractivity contribution in [3.8, 4) is 6.07 Å². The quantitative estimate of drug-likeness (QED) is 0.526. The van der Waals surface area contributed by atoms with E-state index in [2.05, 4.69) is 31.8 Å². The van der Waals surface area contributed by atoms with Crippen molar-refractivity contribution < 1.29 is 0 Å². The van der Waals surface area contributed by atoms with Crippen LogP contribution in [0.2, 0.25) is 5.02 Å². The summed E-state index contributed by atoms with van der Waals surface area (Å²) in [4.78, 5) is 12.0. The van der Waals surface area contributed by atoms with Crippen LogP contribution in [0.4, 0.5) is 17.6 Å². The summed E-state index contributed by atoms with van der Waals surface area (Å²) in [6, 6.07) is 11.3. The summed E-state index contributed by atoms with van der Waals surface area (Å²) in [6.45, 7) is 2.83. The van der Waals surface area contributed by atoms with E-state index in [1.165, 1.54) is 12.8 Å². The minimum absolute atomic E-state index is 0.313. The van der Waals surface area contributed by atoms with Gasteiger partial charge in [0.25, 0.3) is 0 Å². The topological polar surface area (TPSA) is 106 Å². The monoisotopic (exact) mass is 436 g/mol. The molecule has 2 fully saturated rings. The Balaban J connectivity index is 1.40. The molecular formula is C22H25ClN8. The number of halogens is 1. The number of benzene rings is 1. The molecule has 0 radical (unpaired) electrons. The van der Waals surface area contributed by atoms with Gasteiger partial charge in [0.05, 0.1) is 22.0 Å². The van der Waals surface area contributed by atoms with Crippen molar-refractivity contribution >= 4 is 40.1 Å². The first-order valence-corrected chi connectivity index (χ1v) is 11.1. The Morgan fingerprint density at radius 1 is 1.26 bits per heavy atom. The molecule has 2 saturated heterocycles. The van der Waals surface area contributed by atoms with E-state index < -0.39 is 0 Å². The van der Waals surface area contributed by atoms with Crippen molar-refractivity contribution in [2.24, 2.45) is 0 Å². The number of hydrogen-bond donors (Lipinski definition) is 3. The molecule has 31 heavy (non-hydrogen) atoms. The molecule has 0 unspecified atom stereocenters. The molecule has 2 aliphatic rings. The summed E-state index contributed by atoms with van der Waals surface area (Å²) in [5, 5.41) is 24.4. The molecule has 3 aromatic rings. The number of nitrogens with zero attached hydrogens (tertiary/aromatic N) is 5. The second-order valence-electron chi connectivity index (χ2n) is 8.43. The molecule has 8 nitrogen and oxygen atoms in total. The number of aryl methyl sites for hydroxylation is 1. The van der Waals surface area contributed by atoms with E-state index in [0.717, 1.165) is 36.0 Å². The molecule has 4 heterocycles. The van der Waals surface area contributed by atoms with Gasteiger partial charge in [0, 0.05) is 42.9 Å². The molecule has 9 heteroatoms. The molecule has 0 spiro atoms. The van der Waals surface area contributed by atoms with Gasteiger partial charge in [0.2, 0.25) is 5.95 Å². The Bertz CT molecular complexity index is 1120. The summed E-state index contributed by atoms with van der Waals surface area (Å²) < 4.78 is 0. The molecule has 3 atom stereocenters. The highest BCUT2D eigenvalue weighted by atomic mass is 35.5. The lowest BCUT2D eigenvalue weighted by molar-refractivity contribution is 0.135. The van der Waals surface area contributed by atoms with Crippen LogP contribution in [0.1, 0.15) is 37.8 Å². The van der Waals surface area contributed by atoms with Gasteiger partial charge in [0.15, 0.2) is 5.82 Å². The Hall–Kier alpha value is -2.89. The van der Waals surface area contributed by atoms with E-state index >= 15 is 0 Å². The number of nitrogens with one attached hydrogen (secondary N) is 3. The Kier molecular flexibility index (Phi) is 5.38. The number of H-pyrrole nitrogens is 1. The SMILES string of the molecule is Cc1cc(Nc2nc(N[C@@H]3C[C@H]4CC[C@@H](C3)N4CCC#N)nc3cccc(Cl)c23)n[nH]1. The molecule has 160 valence electrons. The maximum atomic E-state index is 8.95. The van der Waals surface area contributed by atoms with Crippen LogP contribution in [0, 0.1) is 18.3 Å². The van der Waals surface area contributed by atoms with Gasteiger partial charge in [-0.25, -0.2) is 4.98 Å². The van der Waals surface area contributed by atoms with Crippen LogP contribution in [0.5, 0.6) is 0 Å². The Morgan fingerprint density at radius 3 is 2.77 bits per heavy atom. The zero-order valence-corrected chi connectivity index (χ0v) is 18.2. The van der Waals surface area contributed by atoms with Crippen molar-refractivity contribution in [3.63, 3.8) is 0 Å². The van der Waals surface area contributed by atoms with Crippen LogP contribution in [-0.4, -0.2) is 49.7 Å². The number of nitriles is 1. The van der Waals surface area contributed by atoms with Gasteiger partial charge in [-0.05, 0) is 44.7 Å². The Labute approximate surface area is 186 Å². The van der Waals surface area contributed by atoms with Gasteiger partial charge < -0.3 is 10.6 Å². The predicted molar refractivity (Wildman–Crippen MR) is 122 cm³/mol. The van der Waals surface area contributed by atoms with E-state index in [1.807, 2.05) is 31.2 Å². The highest BCUT2D eigenvalue weighted by molar-refractivity contribution is 6.36.